The number of carboxylic acids is 1. The van der Waals surface area contributed by atoms with E-state index in [9.17, 15) is 9.90 Å². The van der Waals surface area contributed by atoms with Gasteiger partial charge >= 0.3 is 5.97 Å². The molecule has 0 amide bonds. The van der Waals surface area contributed by atoms with E-state index in [1.807, 2.05) is 24.3 Å². The van der Waals surface area contributed by atoms with Gasteiger partial charge in [0.15, 0.2) is 5.76 Å². The number of aliphatic hydroxyl groups is 1. The highest BCUT2D eigenvalue weighted by Crippen LogP contribution is 2.09. The quantitative estimate of drug-likeness (QED) is 0.0897. The van der Waals surface area contributed by atoms with Crippen molar-refractivity contribution in [2.24, 2.45) is 0 Å². The van der Waals surface area contributed by atoms with Gasteiger partial charge in [0.1, 0.15) is 0 Å². The number of carboxylic acid groups (broad SMARTS) is 1. The summed E-state index contributed by atoms with van der Waals surface area (Å²) >= 11 is 0. The molecular formula is C22H32O5. The largest absolute Gasteiger partial charge is 0.478 e. The van der Waals surface area contributed by atoms with Crippen LogP contribution in [0.25, 0.3) is 0 Å². The summed E-state index contributed by atoms with van der Waals surface area (Å²) in [5.74, 6) is -1.10. The Morgan fingerprint density at radius 2 is 1.56 bits per heavy atom. The molecular weight excluding hydrogens is 344 g/mol. The first-order valence-corrected chi connectivity index (χ1v) is 9.37. The Balaban J connectivity index is 3.94. The smallest absolute Gasteiger partial charge is 0.328 e. The topological polar surface area (TPSA) is 87.0 Å². The first-order valence-electron chi connectivity index (χ1n) is 9.37. The molecule has 150 valence electrons. The molecule has 0 aromatic rings. The number of allylic oxidation sites excluding steroid dienone is 10. The average Bonchev–Trinajstić information content (AvgIpc) is 2.65. The van der Waals surface area contributed by atoms with E-state index in [4.69, 9.17) is 10.4 Å². The number of carbonyl (C=O) groups is 1. The van der Waals surface area contributed by atoms with E-state index in [1.54, 1.807) is 18.2 Å². The fourth-order valence-electron chi connectivity index (χ4n) is 2.16. The number of unbranched alkanes of at least 4 members (excludes halogenated alkanes) is 3. The second kappa shape index (κ2) is 18.4. The standard InChI is InChI=1S/C22H32O5/c1-2-3-12-15-20(23)16-13-10-8-6-4-5-7-9-11-14-17-21(27-26)18-19-22(24)25/h4-9,11,14,17-20,23,26H,2-3,10,12-13,15-16H2,1H3,(H,24,25)/t20-/m0/s1. The zero-order valence-electron chi connectivity index (χ0n) is 16.0. The number of aliphatic carboxylic acids is 1. The van der Waals surface area contributed by atoms with E-state index in [2.05, 4.69) is 17.9 Å². The van der Waals surface area contributed by atoms with Crippen molar-refractivity contribution >= 4 is 5.97 Å². The summed E-state index contributed by atoms with van der Waals surface area (Å²) < 4.78 is 0. The Bertz CT molecular complexity index is 553. The third kappa shape index (κ3) is 18.2. The van der Waals surface area contributed by atoms with Crippen molar-refractivity contribution in [2.45, 2.75) is 58.0 Å². The van der Waals surface area contributed by atoms with E-state index in [1.165, 1.54) is 18.9 Å². The normalized spacial score (nSPS) is 14.4. The van der Waals surface area contributed by atoms with Crippen LogP contribution in [-0.2, 0) is 9.68 Å². The van der Waals surface area contributed by atoms with Crippen molar-refractivity contribution in [3.63, 3.8) is 0 Å². The predicted molar refractivity (Wildman–Crippen MR) is 109 cm³/mol. The minimum atomic E-state index is -1.12. The molecule has 0 aromatic carbocycles. The molecule has 0 heterocycles. The van der Waals surface area contributed by atoms with Crippen molar-refractivity contribution < 1.29 is 25.2 Å². The summed E-state index contributed by atoms with van der Waals surface area (Å²) in [4.78, 5) is 14.4. The molecule has 27 heavy (non-hydrogen) atoms. The van der Waals surface area contributed by atoms with Gasteiger partial charge in [0.25, 0.3) is 0 Å². The van der Waals surface area contributed by atoms with Crippen molar-refractivity contribution in [3.8, 4) is 0 Å². The van der Waals surface area contributed by atoms with Gasteiger partial charge in [-0.05, 0) is 37.8 Å². The van der Waals surface area contributed by atoms with Crippen LogP contribution < -0.4 is 0 Å². The minimum Gasteiger partial charge on any atom is -0.478 e. The van der Waals surface area contributed by atoms with Crippen LogP contribution in [0, 0.1) is 0 Å². The number of rotatable bonds is 15. The third-order valence-electron chi connectivity index (χ3n) is 3.61. The van der Waals surface area contributed by atoms with Crippen LogP contribution in [0.15, 0.2) is 72.6 Å². The molecule has 0 rings (SSSR count). The van der Waals surface area contributed by atoms with Gasteiger partial charge in [0.2, 0.25) is 0 Å². The summed E-state index contributed by atoms with van der Waals surface area (Å²) in [6.45, 7) is 2.16. The molecule has 0 aliphatic rings. The molecule has 0 unspecified atom stereocenters. The minimum absolute atomic E-state index is 0.0241. The Morgan fingerprint density at radius 1 is 0.926 bits per heavy atom. The lowest BCUT2D eigenvalue weighted by Gasteiger charge is -2.08. The second-order valence-electron chi connectivity index (χ2n) is 6.00. The maximum absolute atomic E-state index is 10.4. The molecule has 0 radical (unpaired) electrons. The maximum atomic E-state index is 10.4. The zero-order valence-corrected chi connectivity index (χ0v) is 16.0. The molecule has 0 spiro atoms. The van der Waals surface area contributed by atoms with Gasteiger partial charge in [0, 0.05) is 6.08 Å². The fourth-order valence-corrected chi connectivity index (χ4v) is 2.16. The van der Waals surface area contributed by atoms with Crippen molar-refractivity contribution in [1.29, 1.82) is 0 Å². The van der Waals surface area contributed by atoms with Crippen LogP contribution in [-0.4, -0.2) is 27.5 Å². The Hall–Kier alpha value is -2.37. The molecule has 0 aliphatic heterocycles. The molecule has 0 fully saturated rings. The van der Waals surface area contributed by atoms with Gasteiger partial charge in [-0.2, -0.15) is 0 Å². The number of hydrogen-bond donors (Lipinski definition) is 3. The maximum Gasteiger partial charge on any atom is 0.328 e. The molecule has 0 saturated heterocycles. The van der Waals surface area contributed by atoms with Crippen LogP contribution >= 0.6 is 0 Å². The molecule has 5 nitrogen and oxygen atoms in total. The molecule has 0 bridgehead atoms. The summed E-state index contributed by atoms with van der Waals surface area (Å²) in [6, 6.07) is 0. The highest BCUT2D eigenvalue weighted by atomic mass is 17.1. The summed E-state index contributed by atoms with van der Waals surface area (Å²) in [6.07, 6.45) is 25.3. The summed E-state index contributed by atoms with van der Waals surface area (Å²) in [5, 5.41) is 26.9. The van der Waals surface area contributed by atoms with Gasteiger partial charge in [-0.25, -0.2) is 10.1 Å². The van der Waals surface area contributed by atoms with Crippen LogP contribution in [0.3, 0.4) is 0 Å². The average molecular weight is 376 g/mol. The molecule has 1 atom stereocenters. The predicted octanol–water partition coefficient (Wildman–Crippen LogP) is 5.34. The summed E-state index contributed by atoms with van der Waals surface area (Å²) in [7, 11) is 0. The Morgan fingerprint density at radius 3 is 2.19 bits per heavy atom. The molecule has 3 N–H and O–H groups in total. The first-order chi connectivity index (χ1) is 13.1. The fraction of sp³-hybridized carbons (Fsp3) is 0.409. The van der Waals surface area contributed by atoms with E-state index in [0.29, 0.717) is 0 Å². The van der Waals surface area contributed by atoms with Gasteiger partial charge in [-0.3, -0.25) is 0 Å². The lowest BCUT2D eigenvalue weighted by molar-refractivity contribution is -0.198. The van der Waals surface area contributed by atoms with Crippen LogP contribution in [0.2, 0.25) is 0 Å². The van der Waals surface area contributed by atoms with Crippen LogP contribution in [0.1, 0.15) is 51.9 Å². The Kier molecular flexibility index (Phi) is 16.8. The highest BCUT2D eigenvalue weighted by Gasteiger charge is 2.01. The molecule has 0 aliphatic carbocycles. The van der Waals surface area contributed by atoms with Crippen molar-refractivity contribution in [1.82, 2.24) is 0 Å². The van der Waals surface area contributed by atoms with E-state index in [-0.39, 0.29) is 11.9 Å². The van der Waals surface area contributed by atoms with E-state index in [0.717, 1.165) is 44.3 Å². The zero-order chi connectivity index (χ0) is 20.2. The lowest BCUT2D eigenvalue weighted by Crippen LogP contribution is -2.05. The van der Waals surface area contributed by atoms with Gasteiger partial charge in [0.05, 0.1) is 6.10 Å². The van der Waals surface area contributed by atoms with Crippen LogP contribution in [0.4, 0.5) is 0 Å². The van der Waals surface area contributed by atoms with Crippen molar-refractivity contribution in [2.75, 3.05) is 0 Å². The Labute approximate surface area is 162 Å². The van der Waals surface area contributed by atoms with Gasteiger partial charge in [-0.15, -0.1) is 0 Å². The number of hydrogen-bond acceptors (Lipinski definition) is 4. The lowest BCUT2D eigenvalue weighted by atomic mass is 10.1. The SMILES string of the molecule is CCCCC[C@H](O)CCCC=CC=CC=CC=CC=C(C=CC(=O)O)OO. The monoisotopic (exact) mass is 376 g/mol. The first kappa shape index (κ1) is 24.6. The van der Waals surface area contributed by atoms with Gasteiger partial charge in [-0.1, -0.05) is 74.8 Å². The third-order valence-corrected chi connectivity index (χ3v) is 3.61. The van der Waals surface area contributed by atoms with E-state index < -0.39 is 5.97 Å². The second-order valence-corrected chi connectivity index (χ2v) is 6.00. The summed E-state index contributed by atoms with van der Waals surface area (Å²) in [5.41, 5.74) is 0. The molecule has 0 saturated carbocycles. The van der Waals surface area contributed by atoms with Crippen molar-refractivity contribution in [3.05, 3.63) is 72.6 Å². The molecule has 0 aromatic heterocycles. The van der Waals surface area contributed by atoms with Crippen LogP contribution in [0.5, 0.6) is 0 Å². The highest BCUT2D eigenvalue weighted by molar-refractivity contribution is 5.80. The van der Waals surface area contributed by atoms with Gasteiger partial charge < -0.3 is 15.1 Å². The van der Waals surface area contributed by atoms with E-state index >= 15 is 0 Å². The number of aliphatic hydroxyl groups excluding tert-OH is 1. The molecule has 5 heteroatoms.